The van der Waals surface area contributed by atoms with E-state index in [-0.39, 0.29) is 36.7 Å². The number of H-pyrrole nitrogens is 1. The molecule has 2 aromatic carbocycles. The van der Waals surface area contributed by atoms with Crippen LogP contribution in [-0.2, 0) is 6.42 Å². The summed E-state index contributed by atoms with van der Waals surface area (Å²) >= 11 is 0. The number of ether oxygens (including phenoxy) is 1. The third kappa shape index (κ3) is 5.09. The fourth-order valence-corrected chi connectivity index (χ4v) is 5.64. The van der Waals surface area contributed by atoms with Crippen LogP contribution in [-0.4, -0.2) is 77.2 Å². The van der Waals surface area contributed by atoms with Crippen molar-refractivity contribution in [1.29, 1.82) is 0 Å². The number of benzene rings is 2. The molecule has 5 nitrogen and oxygen atoms in total. The number of aromatic nitrogens is 1. The van der Waals surface area contributed by atoms with E-state index >= 15 is 13.2 Å². The number of aliphatic hydroxyl groups is 1. The van der Waals surface area contributed by atoms with Gasteiger partial charge in [0.25, 0.3) is 0 Å². The number of halogens is 4. The molecule has 3 atom stereocenters. The molecule has 0 bridgehead atoms. The molecule has 0 radical (unpaired) electrons. The first-order valence-corrected chi connectivity index (χ1v) is 12.8. The number of aromatic amines is 1. The molecule has 2 aliphatic rings. The third-order valence-corrected chi connectivity index (χ3v) is 7.52. The molecule has 2 N–H and O–H groups in total. The number of nitrogens with one attached hydrogen (secondary N) is 1. The highest BCUT2D eigenvalue weighted by atomic mass is 19.1. The van der Waals surface area contributed by atoms with E-state index in [9.17, 15) is 9.50 Å². The molecule has 0 saturated carbocycles. The zero-order valence-corrected chi connectivity index (χ0v) is 21.1. The number of likely N-dealkylation sites (tertiary alicyclic amines) is 1. The molecule has 1 fully saturated rings. The number of hydrogen-bond acceptors (Lipinski definition) is 4. The van der Waals surface area contributed by atoms with E-state index in [0.717, 1.165) is 16.5 Å². The van der Waals surface area contributed by atoms with Crippen LogP contribution in [0, 0.1) is 11.6 Å². The molecular formula is C28H33F4N3O2. The van der Waals surface area contributed by atoms with E-state index in [0.29, 0.717) is 38.2 Å². The first kappa shape index (κ1) is 26.0. The Morgan fingerprint density at radius 3 is 2.54 bits per heavy atom. The van der Waals surface area contributed by atoms with Gasteiger partial charge >= 0.3 is 0 Å². The molecule has 2 aliphatic heterocycles. The molecular weight excluding hydrogens is 486 g/mol. The van der Waals surface area contributed by atoms with E-state index in [4.69, 9.17) is 4.74 Å². The Balaban J connectivity index is 1.50. The van der Waals surface area contributed by atoms with Crippen molar-refractivity contribution in [2.75, 3.05) is 39.5 Å². The Labute approximate surface area is 214 Å². The average Bonchev–Trinajstić information content (AvgIpc) is 3.19. The third-order valence-electron chi connectivity index (χ3n) is 7.52. The van der Waals surface area contributed by atoms with Gasteiger partial charge in [0.1, 0.15) is 29.2 Å². The lowest BCUT2D eigenvalue weighted by atomic mass is 9.87. The largest absolute Gasteiger partial charge is 0.488 e. The molecule has 0 unspecified atom stereocenters. The van der Waals surface area contributed by atoms with E-state index in [1.807, 2.05) is 36.1 Å². The van der Waals surface area contributed by atoms with Gasteiger partial charge in [-0.1, -0.05) is 18.2 Å². The van der Waals surface area contributed by atoms with Crippen LogP contribution in [0.5, 0.6) is 5.75 Å². The lowest BCUT2D eigenvalue weighted by molar-refractivity contribution is 0.0151. The molecule has 0 aliphatic carbocycles. The predicted molar refractivity (Wildman–Crippen MR) is 134 cm³/mol. The Kier molecular flexibility index (Phi) is 7.22. The number of para-hydroxylation sites is 1. The van der Waals surface area contributed by atoms with Crippen molar-refractivity contribution >= 4 is 10.9 Å². The quantitative estimate of drug-likeness (QED) is 0.394. The van der Waals surface area contributed by atoms with Crippen LogP contribution in [0.2, 0.25) is 0 Å². The van der Waals surface area contributed by atoms with Crippen LogP contribution in [0.25, 0.3) is 10.9 Å². The minimum absolute atomic E-state index is 0.0897. The second kappa shape index (κ2) is 10.3. The maximum absolute atomic E-state index is 15.7. The highest BCUT2D eigenvalue weighted by Gasteiger charge is 2.42. The molecule has 3 heterocycles. The van der Waals surface area contributed by atoms with Gasteiger partial charge in [-0.25, -0.2) is 13.2 Å². The topological polar surface area (TPSA) is 51.7 Å². The van der Waals surface area contributed by atoms with Gasteiger partial charge in [0.05, 0.1) is 19.3 Å². The van der Waals surface area contributed by atoms with Gasteiger partial charge in [0.15, 0.2) is 0 Å². The zero-order valence-electron chi connectivity index (χ0n) is 21.1. The SMILES string of the molecule is C[C@@H]1Cc2c([nH]c3ccccc23)[C@@H](c2c(F)cc(OC3CN(CCCF)C3)cc2F)N1C[C@@](C)(F)CO. The van der Waals surface area contributed by atoms with Crippen LogP contribution in [0.1, 0.15) is 43.1 Å². The van der Waals surface area contributed by atoms with Crippen LogP contribution >= 0.6 is 0 Å². The van der Waals surface area contributed by atoms with Crippen LogP contribution in [0.3, 0.4) is 0 Å². The maximum Gasteiger partial charge on any atom is 0.143 e. The second-order valence-corrected chi connectivity index (χ2v) is 10.6. The van der Waals surface area contributed by atoms with Crippen molar-refractivity contribution < 1.29 is 27.4 Å². The van der Waals surface area contributed by atoms with E-state index in [1.165, 1.54) is 19.1 Å². The van der Waals surface area contributed by atoms with Crippen molar-refractivity contribution in [3.8, 4) is 5.75 Å². The first-order chi connectivity index (χ1) is 17.7. The first-order valence-electron chi connectivity index (χ1n) is 12.8. The van der Waals surface area contributed by atoms with E-state index in [1.54, 1.807) is 4.90 Å². The number of fused-ring (bicyclic) bond motifs is 3. The molecule has 1 saturated heterocycles. The number of rotatable bonds is 9. The van der Waals surface area contributed by atoms with E-state index < -0.39 is 30.0 Å². The summed E-state index contributed by atoms with van der Waals surface area (Å²) in [4.78, 5) is 7.09. The Morgan fingerprint density at radius 2 is 1.86 bits per heavy atom. The lowest BCUT2D eigenvalue weighted by Crippen LogP contribution is -2.53. The van der Waals surface area contributed by atoms with Crippen molar-refractivity contribution in [3.63, 3.8) is 0 Å². The van der Waals surface area contributed by atoms with Crippen LogP contribution in [0.4, 0.5) is 17.6 Å². The molecule has 0 amide bonds. The van der Waals surface area contributed by atoms with Gasteiger partial charge < -0.3 is 14.8 Å². The summed E-state index contributed by atoms with van der Waals surface area (Å²) in [7, 11) is 0. The predicted octanol–water partition coefficient (Wildman–Crippen LogP) is 4.93. The fraction of sp³-hybridized carbons (Fsp3) is 0.500. The maximum atomic E-state index is 15.7. The van der Waals surface area contributed by atoms with Gasteiger partial charge in [-0.3, -0.25) is 14.2 Å². The normalized spacial score (nSPS) is 22.6. The minimum Gasteiger partial charge on any atom is -0.488 e. The molecule has 0 spiro atoms. The van der Waals surface area contributed by atoms with Gasteiger partial charge in [-0.05, 0) is 38.3 Å². The Hall–Kier alpha value is -2.62. The number of hydrogen-bond donors (Lipinski definition) is 2. The summed E-state index contributed by atoms with van der Waals surface area (Å²) in [6.45, 7) is 3.69. The highest BCUT2D eigenvalue weighted by Crippen LogP contribution is 2.43. The number of nitrogens with zero attached hydrogens (tertiary/aromatic N) is 2. The summed E-state index contributed by atoms with van der Waals surface area (Å²) < 4.78 is 64.7. The summed E-state index contributed by atoms with van der Waals surface area (Å²) in [5.74, 6) is -1.46. The van der Waals surface area contributed by atoms with Gasteiger partial charge in [0, 0.05) is 66.5 Å². The number of aliphatic hydroxyl groups excluding tert-OH is 1. The summed E-state index contributed by atoms with van der Waals surface area (Å²) in [5, 5.41) is 10.6. The smallest absolute Gasteiger partial charge is 0.143 e. The zero-order chi connectivity index (χ0) is 26.3. The summed E-state index contributed by atoms with van der Waals surface area (Å²) in [6.07, 6.45) is 0.806. The Bertz CT molecular complexity index is 1230. The highest BCUT2D eigenvalue weighted by molar-refractivity contribution is 5.85. The summed E-state index contributed by atoms with van der Waals surface area (Å²) in [5.41, 5.74) is 0.292. The monoisotopic (exact) mass is 519 g/mol. The lowest BCUT2D eigenvalue weighted by Gasteiger charge is -2.43. The average molecular weight is 520 g/mol. The van der Waals surface area contributed by atoms with E-state index in [2.05, 4.69) is 4.98 Å². The molecule has 3 aromatic rings. The Morgan fingerprint density at radius 1 is 1.16 bits per heavy atom. The molecule has 200 valence electrons. The van der Waals surface area contributed by atoms with Crippen molar-refractivity contribution in [2.45, 2.75) is 50.5 Å². The van der Waals surface area contributed by atoms with Crippen LogP contribution < -0.4 is 4.74 Å². The number of alkyl halides is 2. The standard InChI is InChI=1S/C28H33F4N3O2/c1-17-10-21-20-6-3-4-7-24(20)33-26(21)27(35(17)15-28(2,32)16-36)25-22(30)11-18(12-23(25)31)37-19-13-34(14-19)9-5-8-29/h3-4,6-7,11-12,17,19,27,33,36H,5,8-10,13-16H2,1-2H3/t17-,27-,28-/m1/s1. The van der Waals surface area contributed by atoms with Crippen LogP contribution in [0.15, 0.2) is 36.4 Å². The molecule has 5 rings (SSSR count). The van der Waals surface area contributed by atoms with Crippen molar-refractivity contribution in [2.24, 2.45) is 0 Å². The molecule has 1 aromatic heterocycles. The van der Waals surface area contributed by atoms with Gasteiger partial charge in [-0.15, -0.1) is 0 Å². The second-order valence-electron chi connectivity index (χ2n) is 10.6. The molecule has 9 heteroatoms. The fourth-order valence-electron chi connectivity index (χ4n) is 5.64. The minimum atomic E-state index is -1.95. The van der Waals surface area contributed by atoms with Crippen molar-refractivity contribution in [3.05, 3.63) is 64.9 Å². The molecule has 37 heavy (non-hydrogen) atoms. The van der Waals surface area contributed by atoms with Crippen molar-refractivity contribution in [1.82, 2.24) is 14.8 Å². The van der Waals surface area contributed by atoms with Gasteiger partial charge in [-0.2, -0.15) is 0 Å². The summed E-state index contributed by atoms with van der Waals surface area (Å²) in [6, 6.07) is 8.89. The van der Waals surface area contributed by atoms with Gasteiger partial charge in [0.2, 0.25) is 0 Å².